The zero-order valence-electron chi connectivity index (χ0n) is 12.3. The number of rotatable bonds is 8. The normalized spacial score (nSPS) is 11.6. The fraction of sp³-hybridized carbons (Fsp3) is 0.600. The van der Waals surface area contributed by atoms with Gasteiger partial charge in [-0.15, -0.1) is 0 Å². The highest BCUT2D eigenvalue weighted by molar-refractivity contribution is 5.30. The Bertz CT molecular complexity index is 399. The maximum Gasteiger partial charge on any atom is 0.187 e. The van der Waals surface area contributed by atoms with Gasteiger partial charge in [0.2, 0.25) is 0 Å². The molecular formula is C15H23F2NO2. The zero-order valence-corrected chi connectivity index (χ0v) is 12.3. The highest BCUT2D eigenvalue weighted by atomic mass is 19.1. The van der Waals surface area contributed by atoms with E-state index in [1.807, 2.05) is 0 Å². The minimum atomic E-state index is -0.920. The van der Waals surface area contributed by atoms with Crippen molar-refractivity contribution in [1.29, 1.82) is 0 Å². The molecule has 1 aromatic rings. The van der Waals surface area contributed by atoms with Gasteiger partial charge in [0.15, 0.2) is 17.4 Å². The lowest BCUT2D eigenvalue weighted by Gasteiger charge is -2.30. The second-order valence-electron chi connectivity index (χ2n) is 4.84. The Balaban J connectivity index is 2.88. The molecular weight excluding hydrogens is 264 g/mol. The zero-order chi connectivity index (χ0) is 15.1. The lowest BCUT2D eigenvalue weighted by Crippen LogP contribution is -2.36. The molecule has 0 aliphatic rings. The third-order valence-electron chi connectivity index (χ3n) is 3.50. The van der Waals surface area contributed by atoms with Crippen molar-refractivity contribution < 1.29 is 18.6 Å². The second kappa shape index (κ2) is 8.17. The Labute approximate surface area is 119 Å². The van der Waals surface area contributed by atoms with E-state index < -0.39 is 17.4 Å². The molecule has 0 unspecified atom stereocenters. The van der Waals surface area contributed by atoms with Gasteiger partial charge < -0.3 is 9.84 Å². The van der Waals surface area contributed by atoms with Crippen LogP contribution in [-0.2, 0) is 11.3 Å². The van der Waals surface area contributed by atoms with E-state index in [0.29, 0.717) is 31.3 Å². The molecule has 0 spiro atoms. The van der Waals surface area contributed by atoms with Crippen LogP contribution in [0.4, 0.5) is 8.78 Å². The monoisotopic (exact) mass is 287 g/mol. The standard InChI is InChI=1S/C15H23F2NO2/c1-4-12(5-2)18(6-7-20-3)10-11-8-13(16)15(19)14(17)9-11/h8-9,12,19H,4-7,10H2,1-3H3. The number of halogens is 2. The van der Waals surface area contributed by atoms with Crippen LogP contribution in [0.3, 0.4) is 0 Å². The van der Waals surface area contributed by atoms with Crippen LogP contribution in [-0.4, -0.2) is 36.3 Å². The molecule has 3 nitrogen and oxygen atoms in total. The van der Waals surface area contributed by atoms with Gasteiger partial charge in [0.05, 0.1) is 6.61 Å². The lowest BCUT2D eigenvalue weighted by molar-refractivity contribution is 0.110. The van der Waals surface area contributed by atoms with E-state index in [4.69, 9.17) is 9.84 Å². The SMILES string of the molecule is CCC(CC)N(CCOC)Cc1cc(F)c(O)c(F)c1. The van der Waals surface area contributed by atoms with E-state index in [1.165, 1.54) is 12.1 Å². The van der Waals surface area contributed by atoms with Gasteiger partial charge >= 0.3 is 0 Å². The average molecular weight is 287 g/mol. The summed E-state index contributed by atoms with van der Waals surface area (Å²) < 4.78 is 31.8. The van der Waals surface area contributed by atoms with Crippen LogP contribution in [0.2, 0.25) is 0 Å². The van der Waals surface area contributed by atoms with Gasteiger partial charge in [0.25, 0.3) is 0 Å². The molecule has 0 heterocycles. The fourth-order valence-corrected chi connectivity index (χ4v) is 2.35. The van der Waals surface area contributed by atoms with Crippen LogP contribution >= 0.6 is 0 Å². The number of ether oxygens (including phenoxy) is 1. The van der Waals surface area contributed by atoms with Crippen molar-refractivity contribution in [2.24, 2.45) is 0 Å². The quantitative estimate of drug-likeness (QED) is 0.796. The number of nitrogens with zero attached hydrogens (tertiary/aromatic N) is 1. The predicted octanol–water partition coefficient (Wildman–Crippen LogP) is 3.31. The van der Waals surface area contributed by atoms with Crippen LogP contribution in [0.5, 0.6) is 5.75 Å². The Hall–Kier alpha value is -1.20. The van der Waals surface area contributed by atoms with E-state index >= 15 is 0 Å². The predicted molar refractivity (Wildman–Crippen MR) is 74.7 cm³/mol. The molecule has 114 valence electrons. The number of hydrogen-bond acceptors (Lipinski definition) is 3. The van der Waals surface area contributed by atoms with Gasteiger partial charge in [-0.3, -0.25) is 4.90 Å². The summed E-state index contributed by atoms with van der Waals surface area (Å²) >= 11 is 0. The van der Waals surface area contributed by atoms with E-state index in [-0.39, 0.29) is 0 Å². The molecule has 20 heavy (non-hydrogen) atoms. The third kappa shape index (κ3) is 4.42. The molecule has 1 aromatic carbocycles. The second-order valence-corrected chi connectivity index (χ2v) is 4.84. The smallest absolute Gasteiger partial charge is 0.187 e. The maximum atomic E-state index is 13.4. The molecule has 0 aliphatic carbocycles. The first kappa shape index (κ1) is 16.9. The van der Waals surface area contributed by atoms with Crippen LogP contribution < -0.4 is 0 Å². The Morgan fingerprint density at radius 1 is 1.20 bits per heavy atom. The Morgan fingerprint density at radius 2 is 1.75 bits per heavy atom. The molecule has 0 amide bonds. The van der Waals surface area contributed by atoms with Gasteiger partial charge in [-0.2, -0.15) is 0 Å². The summed E-state index contributed by atoms with van der Waals surface area (Å²) in [5.41, 5.74) is 0.515. The third-order valence-corrected chi connectivity index (χ3v) is 3.50. The first-order chi connectivity index (χ1) is 9.53. The molecule has 0 radical (unpaired) electrons. The van der Waals surface area contributed by atoms with Crippen molar-refractivity contribution >= 4 is 0 Å². The van der Waals surface area contributed by atoms with Gasteiger partial charge in [0, 0.05) is 26.2 Å². The minimum absolute atomic E-state index is 0.338. The molecule has 0 fully saturated rings. The van der Waals surface area contributed by atoms with Gasteiger partial charge in [-0.05, 0) is 30.5 Å². The van der Waals surface area contributed by atoms with Crippen molar-refractivity contribution in [3.8, 4) is 5.75 Å². The first-order valence-electron chi connectivity index (χ1n) is 6.93. The lowest BCUT2D eigenvalue weighted by atomic mass is 10.1. The highest BCUT2D eigenvalue weighted by Crippen LogP contribution is 2.23. The number of phenols is 1. The largest absolute Gasteiger partial charge is 0.503 e. The van der Waals surface area contributed by atoms with Gasteiger partial charge in [-0.25, -0.2) is 8.78 Å². The molecule has 1 rings (SSSR count). The number of methoxy groups -OCH3 is 1. The van der Waals surface area contributed by atoms with Crippen molar-refractivity contribution in [2.45, 2.75) is 39.3 Å². The summed E-state index contributed by atoms with van der Waals surface area (Å²) in [6.45, 7) is 5.88. The van der Waals surface area contributed by atoms with E-state index in [9.17, 15) is 8.78 Å². The number of phenolic OH excluding ortho intramolecular Hbond substituents is 1. The van der Waals surface area contributed by atoms with Crippen LogP contribution in [0.1, 0.15) is 32.3 Å². The highest BCUT2D eigenvalue weighted by Gasteiger charge is 2.17. The topological polar surface area (TPSA) is 32.7 Å². The molecule has 0 bridgehead atoms. The molecule has 0 atom stereocenters. The Kier molecular flexibility index (Phi) is 6.88. The van der Waals surface area contributed by atoms with E-state index in [1.54, 1.807) is 7.11 Å². The molecule has 1 N–H and O–H groups in total. The van der Waals surface area contributed by atoms with Crippen molar-refractivity contribution in [1.82, 2.24) is 4.90 Å². The van der Waals surface area contributed by atoms with Crippen molar-refractivity contribution in [3.63, 3.8) is 0 Å². The summed E-state index contributed by atoms with van der Waals surface area (Å²) in [7, 11) is 1.63. The molecule has 0 saturated carbocycles. The summed E-state index contributed by atoms with van der Waals surface area (Å²) in [5.74, 6) is -2.76. The molecule has 0 saturated heterocycles. The average Bonchev–Trinajstić information content (AvgIpc) is 2.43. The Morgan fingerprint density at radius 3 is 2.20 bits per heavy atom. The summed E-state index contributed by atoms with van der Waals surface area (Å²) in [5, 5.41) is 9.12. The molecule has 0 aliphatic heterocycles. The first-order valence-corrected chi connectivity index (χ1v) is 6.93. The molecule has 0 aromatic heterocycles. The van der Waals surface area contributed by atoms with Crippen LogP contribution in [0, 0.1) is 11.6 Å². The van der Waals surface area contributed by atoms with Crippen molar-refractivity contribution in [3.05, 3.63) is 29.3 Å². The van der Waals surface area contributed by atoms with Gasteiger partial charge in [0.1, 0.15) is 0 Å². The van der Waals surface area contributed by atoms with Crippen LogP contribution in [0.25, 0.3) is 0 Å². The maximum absolute atomic E-state index is 13.4. The number of hydrogen-bond donors (Lipinski definition) is 1. The minimum Gasteiger partial charge on any atom is -0.503 e. The fourth-order valence-electron chi connectivity index (χ4n) is 2.35. The van der Waals surface area contributed by atoms with Crippen molar-refractivity contribution in [2.75, 3.05) is 20.3 Å². The summed E-state index contributed by atoms with van der Waals surface area (Å²) in [4.78, 5) is 2.15. The summed E-state index contributed by atoms with van der Waals surface area (Å²) in [6.07, 6.45) is 1.92. The van der Waals surface area contributed by atoms with Gasteiger partial charge in [-0.1, -0.05) is 13.8 Å². The van der Waals surface area contributed by atoms with E-state index in [0.717, 1.165) is 12.8 Å². The summed E-state index contributed by atoms with van der Waals surface area (Å²) in [6, 6.07) is 2.70. The number of aromatic hydroxyl groups is 1. The van der Waals surface area contributed by atoms with Crippen LogP contribution in [0.15, 0.2) is 12.1 Å². The number of benzene rings is 1. The van der Waals surface area contributed by atoms with E-state index in [2.05, 4.69) is 18.7 Å². The molecule has 5 heteroatoms.